The van der Waals surface area contributed by atoms with Gasteiger partial charge in [-0.2, -0.15) is 0 Å². The molecule has 0 fully saturated rings. The van der Waals surface area contributed by atoms with Crippen LogP contribution in [0.2, 0.25) is 5.02 Å². The highest BCUT2D eigenvalue weighted by molar-refractivity contribution is 6.31. The van der Waals surface area contributed by atoms with Gasteiger partial charge in [0.05, 0.1) is 18.1 Å². The van der Waals surface area contributed by atoms with Crippen molar-refractivity contribution in [1.29, 1.82) is 0 Å². The lowest BCUT2D eigenvalue weighted by atomic mass is 10.1. The van der Waals surface area contributed by atoms with Crippen molar-refractivity contribution in [3.05, 3.63) is 57.7 Å². The maximum atomic E-state index is 12.7. The number of nitrogens with one attached hydrogen (secondary N) is 1. The number of methoxy groups -OCH3 is 1. The summed E-state index contributed by atoms with van der Waals surface area (Å²) in [6.07, 6.45) is 0. The first-order valence-corrected chi connectivity index (χ1v) is 8.17. The third kappa shape index (κ3) is 3.42. The fraction of sp³-hybridized carbons (Fsp3) is 0.211. The van der Waals surface area contributed by atoms with E-state index in [4.69, 9.17) is 16.3 Å². The van der Waals surface area contributed by atoms with Gasteiger partial charge in [-0.15, -0.1) is 0 Å². The van der Waals surface area contributed by atoms with Crippen molar-refractivity contribution in [1.82, 2.24) is 9.97 Å². The van der Waals surface area contributed by atoms with E-state index >= 15 is 0 Å². The molecule has 1 aromatic heterocycles. The number of hydrogen-bond acceptors (Lipinski definition) is 4. The number of aromatic nitrogens is 2. The van der Waals surface area contributed by atoms with Crippen LogP contribution in [0.5, 0.6) is 5.88 Å². The normalized spacial score (nSPS) is 10.8. The second-order valence-corrected chi connectivity index (χ2v) is 6.36. The van der Waals surface area contributed by atoms with E-state index in [0.717, 1.165) is 16.7 Å². The number of carbonyl (C=O) groups is 1. The predicted octanol–water partition coefficient (Wildman–Crippen LogP) is 4.47. The van der Waals surface area contributed by atoms with Crippen LogP contribution in [-0.4, -0.2) is 23.0 Å². The van der Waals surface area contributed by atoms with Crippen LogP contribution in [0.3, 0.4) is 0 Å². The lowest BCUT2D eigenvalue weighted by molar-refractivity contribution is 0.101. The number of amides is 1. The van der Waals surface area contributed by atoms with Gasteiger partial charge in [-0.05, 0) is 61.7 Å². The molecule has 0 spiro atoms. The van der Waals surface area contributed by atoms with Crippen molar-refractivity contribution >= 4 is 34.2 Å². The van der Waals surface area contributed by atoms with Crippen molar-refractivity contribution in [2.45, 2.75) is 20.8 Å². The molecule has 128 valence electrons. The summed E-state index contributed by atoms with van der Waals surface area (Å²) in [5.41, 5.74) is 5.20. The number of hydrogen-bond donors (Lipinski definition) is 1. The molecule has 0 saturated heterocycles. The first-order valence-electron chi connectivity index (χ1n) is 7.79. The van der Waals surface area contributed by atoms with Gasteiger partial charge in [0.15, 0.2) is 5.69 Å². The van der Waals surface area contributed by atoms with Crippen molar-refractivity contribution in [3.63, 3.8) is 0 Å². The smallest absolute Gasteiger partial charge is 0.279 e. The third-order valence-corrected chi connectivity index (χ3v) is 4.34. The van der Waals surface area contributed by atoms with Gasteiger partial charge in [-0.3, -0.25) is 4.79 Å². The van der Waals surface area contributed by atoms with Gasteiger partial charge in [0.2, 0.25) is 5.88 Å². The maximum Gasteiger partial charge on any atom is 0.279 e. The number of carbonyl (C=O) groups excluding carboxylic acids is 1. The number of aryl methyl sites for hydroxylation is 3. The van der Waals surface area contributed by atoms with Crippen LogP contribution in [0, 0.1) is 20.8 Å². The van der Waals surface area contributed by atoms with E-state index in [0.29, 0.717) is 21.7 Å². The largest absolute Gasteiger partial charge is 0.479 e. The molecule has 1 heterocycles. The Morgan fingerprint density at radius 3 is 2.28 bits per heavy atom. The number of ether oxygens (including phenoxy) is 1. The molecule has 1 amide bonds. The first-order chi connectivity index (χ1) is 11.9. The molecule has 0 radical (unpaired) electrons. The zero-order valence-corrected chi connectivity index (χ0v) is 15.2. The maximum absolute atomic E-state index is 12.7. The molecule has 5 nitrogen and oxygen atoms in total. The summed E-state index contributed by atoms with van der Waals surface area (Å²) in [6.45, 7) is 5.89. The summed E-state index contributed by atoms with van der Waals surface area (Å²) in [5, 5.41) is 3.37. The van der Waals surface area contributed by atoms with E-state index in [-0.39, 0.29) is 11.6 Å². The Hall–Kier alpha value is -2.66. The third-order valence-electron chi connectivity index (χ3n) is 4.10. The molecule has 2 aromatic carbocycles. The zero-order chi connectivity index (χ0) is 18.1. The Bertz CT molecular complexity index is 986. The summed E-state index contributed by atoms with van der Waals surface area (Å²) in [6, 6.07) is 9.16. The van der Waals surface area contributed by atoms with Gasteiger partial charge in [0.1, 0.15) is 0 Å². The van der Waals surface area contributed by atoms with Crippen molar-refractivity contribution < 1.29 is 9.53 Å². The van der Waals surface area contributed by atoms with E-state index in [1.807, 2.05) is 39.0 Å². The molecule has 3 aromatic rings. The molecule has 1 N–H and O–H groups in total. The molecule has 0 atom stereocenters. The molecule has 25 heavy (non-hydrogen) atoms. The average Bonchev–Trinajstić information content (AvgIpc) is 2.58. The number of fused-ring (bicyclic) bond motifs is 1. The predicted molar refractivity (Wildman–Crippen MR) is 99.7 cm³/mol. The quantitative estimate of drug-likeness (QED) is 0.752. The Labute approximate surface area is 151 Å². The van der Waals surface area contributed by atoms with Gasteiger partial charge in [-0.25, -0.2) is 9.97 Å². The van der Waals surface area contributed by atoms with Crippen molar-refractivity contribution in [2.24, 2.45) is 0 Å². The van der Waals surface area contributed by atoms with Crippen LogP contribution in [0.1, 0.15) is 27.2 Å². The summed E-state index contributed by atoms with van der Waals surface area (Å²) < 4.78 is 5.28. The summed E-state index contributed by atoms with van der Waals surface area (Å²) in [4.78, 5) is 21.6. The van der Waals surface area contributed by atoms with Gasteiger partial charge in [0.25, 0.3) is 5.91 Å². The molecule has 6 heteroatoms. The lowest BCUT2D eigenvalue weighted by Gasteiger charge is -2.12. The van der Waals surface area contributed by atoms with E-state index < -0.39 is 5.91 Å². The highest BCUT2D eigenvalue weighted by Gasteiger charge is 2.18. The van der Waals surface area contributed by atoms with Crippen molar-refractivity contribution in [3.8, 4) is 5.88 Å². The minimum absolute atomic E-state index is 0.137. The second kappa shape index (κ2) is 6.69. The van der Waals surface area contributed by atoms with Crippen LogP contribution in [0.25, 0.3) is 11.0 Å². The van der Waals surface area contributed by atoms with E-state index in [9.17, 15) is 4.79 Å². The van der Waals surface area contributed by atoms with Gasteiger partial charge >= 0.3 is 0 Å². The lowest BCUT2D eigenvalue weighted by Crippen LogP contribution is -2.16. The monoisotopic (exact) mass is 355 g/mol. The zero-order valence-electron chi connectivity index (χ0n) is 14.5. The van der Waals surface area contributed by atoms with E-state index in [1.54, 1.807) is 12.1 Å². The summed E-state index contributed by atoms with van der Waals surface area (Å²) in [7, 11) is 1.47. The Morgan fingerprint density at radius 2 is 1.64 bits per heavy atom. The number of anilines is 1. The molecular weight excluding hydrogens is 338 g/mol. The Balaban J connectivity index is 2.05. The van der Waals surface area contributed by atoms with Gasteiger partial charge < -0.3 is 10.1 Å². The molecule has 3 rings (SSSR count). The number of rotatable bonds is 3. The van der Waals surface area contributed by atoms with E-state index in [1.165, 1.54) is 7.11 Å². The topological polar surface area (TPSA) is 64.1 Å². The molecule has 0 aliphatic carbocycles. The molecule has 0 unspecified atom stereocenters. The number of halogens is 1. The van der Waals surface area contributed by atoms with Crippen LogP contribution in [0.4, 0.5) is 5.69 Å². The standard InChI is InChI=1S/C19H18ClN3O2/c1-10-5-6-13(20)9-14(10)22-18(24)17-19(25-4)23-16-8-12(3)11(2)7-15(16)21-17/h5-9H,1-4H3,(H,22,24). The molecule has 0 aliphatic rings. The number of benzene rings is 2. The SMILES string of the molecule is COc1nc2cc(C)c(C)cc2nc1C(=O)Nc1cc(Cl)ccc1C. The van der Waals surface area contributed by atoms with Crippen LogP contribution < -0.4 is 10.1 Å². The Kier molecular flexibility index (Phi) is 4.59. The first kappa shape index (κ1) is 17.2. The molecular formula is C19H18ClN3O2. The summed E-state index contributed by atoms with van der Waals surface area (Å²) in [5.74, 6) is -0.206. The second-order valence-electron chi connectivity index (χ2n) is 5.92. The van der Waals surface area contributed by atoms with Crippen LogP contribution >= 0.6 is 11.6 Å². The fourth-order valence-electron chi connectivity index (χ4n) is 2.50. The highest BCUT2D eigenvalue weighted by Crippen LogP contribution is 2.24. The molecule has 0 aliphatic heterocycles. The average molecular weight is 356 g/mol. The van der Waals surface area contributed by atoms with E-state index in [2.05, 4.69) is 15.3 Å². The summed E-state index contributed by atoms with van der Waals surface area (Å²) >= 11 is 6.01. The van der Waals surface area contributed by atoms with Gasteiger partial charge in [-0.1, -0.05) is 17.7 Å². The minimum Gasteiger partial charge on any atom is -0.479 e. The van der Waals surface area contributed by atoms with Crippen LogP contribution in [0.15, 0.2) is 30.3 Å². The Morgan fingerprint density at radius 1 is 1.00 bits per heavy atom. The molecule has 0 bridgehead atoms. The van der Waals surface area contributed by atoms with Gasteiger partial charge in [0, 0.05) is 10.7 Å². The highest BCUT2D eigenvalue weighted by atomic mass is 35.5. The van der Waals surface area contributed by atoms with Crippen molar-refractivity contribution in [2.75, 3.05) is 12.4 Å². The molecule has 0 saturated carbocycles. The minimum atomic E-state index is -0.394. The van der Waals surface area contributed by atoms with Crippen LogP contribution in [-0.2, 0) is 0 Å². The fourth-order valence-corrected chi connectivity index (χ4v) is 2.67. The number of nitrogens with zero attached hydrogens (tertiary/aromatic N) is 2.